The second kappa shape index (κ2) is 9.74. The molecule has 0 aliphatic carbocycles. The van der Waals surface area contributed by atoms with Crippen molar-refractivity contribution in [2.24, 2.45) is 0 Å². The molecule has 2 heterocycles. The maximum Gasteiger partial charge on any atom is 0.295 e. The first-order valence-electron chi connectivity index (χ1n) is 11.9. The predicted octanol–water partition coefficient (Wildman–Crippen LogP) is 5.20. The molecular weight excluding hydrogens is 454 g/mol. The van der Waals surface area contributed by atoms with Crippen LogP contribution in [0.5, 0.6) is 11.5 Å². The average Bonchev–Trinajstić information content (AvgIpc) is 3.39. The van der Waals surface area contributed by atoms with Crippen LogP contribution in [0.15, 0.2) is 91.0 Å². The first-order valence-corrected chi connectivity index (χ1v) is 11.9. The molecule has 1 amide bonds. The Balaban J connectivity index is 1.62. The smallest absolute Gasteiger partial charge is 0.295 e. The second-order valence-corrected chi connectivity index (χ2v) is 9.04. The molecule has 36 heavy (non-hydrogen) atoms. The summed E-state index contributed by atoms with van der Waals surface area (Å²) in [6.07, 6.45) is 2.41. The second-order valence-electron chi connectivity index (χ2n) is 9.04. The molecule has 1 fully saturated rings. The van der Waals surface area contributed by atoms with Crippen LogP contribution in [0.25, 0.3) is 5.76 Å². The molecule has 2 aliphatic rings. The van der Waals surface area contributed by atoms with Gasteiger partial charge in [0.1, 0.15) is 30.0 Å². The lowest BCUT2D eigenvalue weighted by Crippen LogP contribution is -2.29. The van der Waals surface area contributed by atoms with Gasteiger partial charge in [-0.05, 0) is 53.9 Å². The summed E-state index contributed by atoms with van der Waals surface area (Å²) in [4.78, 5) is 28.2. The van der Waals surface area contributed by atoms with Crippen molar-refractivity contribution < 1.29 is 24.2 Å². The number of aliphatic hydroxyl groups is 1. The van der Waals surface area contributed by atoms with Crippen molar-refractivity contribution in [3.63, 3.8) is 0 Å². The Hall–Kier alpha value is -4.32. The van der Waals surface area contributed by atoms with Crippen molar-refractivity contribution in [3.05, 3.63) is 113 Å². The summed E-state index contributed by atoms with van der Waals surface area (Å²) in [6.45, 7) is 6.21. The van der Waals surface area contributed by atoms with Gasteiger partial charge in [-0.1, -0.05) is 55.1 Å². The summed E-state index contributed by atoms with van der Waals surface area (Å²) >= 11 is 0. The Bertz CT molecular complexity index is 1360. The number of likely N-dealkylation sites (tertiary alicyclic amines) is 1. The number of carbonyl (C=O) groups is 2. The van der Waals surface area contributed by atoms with Gasteiger partial charge < -0.3 is 19.5 Å². The third kappa shape index (κ3) is 4.38. The number of aliphatic hydroxyl groups excluding tert-OH is 1. The van der Waals surface area contributed by atoms with Crippen molar-refractivity contribution in [1.29, 1.82) is 0 Å². The first-order chi connectivity index (χ1) is 17.5. The largest absolute Gasteiger partial charge is 0.507 e. The highest BCUT2D eigenvalue weighted by Crippen LogP contribution is 2.42. The standard InChI is InChI=1S/C30H27NO5/c1-3-14-35-24-11-7-10-21(17-24)27-26(28(32)22-12-13-25-23(16-22)15-19(2)36-25)29(33)30(34)31(27)18-20-8-5-4-6-9-20/h3-13,16-17,19,27,32H,1,14-15,18H2,2H3/b28-26+/t19-,27+/m0/s1. The molecule has 2 atom stereocenters. The van der Waals surface area contributed by atoms with E-state index in [4.69, 9.17) is 9.47 Å². The molecule has 0 spiro atoms. The van der Waals surface area contributed by atoms with E-state index in [1.54, 1.807) is 30.3 Å². The van der Waals surface area contributed by atoms with E-state index in [1.807, 2.05) is 55.5 Å². The highest BCUT2D eigenvalue weighted by molar-refractivity contribution is 6.46. The maximum absolute atomic E-state index is 13.4. The lowest BCUT2D eigenvalue weighted by molar-refractivity contribution is -0.140. The van der Waals surface area contributed by atoms with Gasteiger partial charge in [0.15, 0.2) is 0 Å². The SMILES string of the molecule is C=CCOc1cccc([C@@H]2/C(=C(\O)c3ccc4c(c3)C[C@H](C)O4)C(=O)C(=O)N2Cc2ccccc2)c1. The normalized spacial score (nSPS) is 20.2. The summed E-state index contributed by atoms with van der Waals surface area (Å²) in [5.74, 6) is -0.209. The molecule has 182 valence electrons. The van der Waals surface area contributed by atoms with Crippen molar-refractivity contribution >= 4 is 17.4 Å². The molecule has 6 nitrogen and oxygen atoms in total. The number of nitrogens with zero attached hydrogens (tertiary/aromatic N) is 1. The topological polar surface area (TPSA) is 76.1 Å². The Morgan fingerprint density at radius 2 is 1.92 bits per heavy atom. The first kappa shape index (κ1) is 23.4. The monoisotopic (exact) mass is 481 g/mol. The zero-order chi connectivity index (χ0) is 25.2. The fourth-order valence-electron chi connectivity index (χ4n) is 4.82. The van der Waals surface area contributed by atoms with E-state index in [-0.39, 0.29) is 24.0 Å². The maximum atomic E-state index is 13.4. The van der Waals surface area contributed by atoms with Crippen LogP contribution in [0.2, 0.25) is 0 Å². The predicted molar refractivity (Wildman–Crippen MR) is 137 cm³/mol. The molecule has 3 aromatic carbocycles. The number of hydrogen-bond donors (Lipinski definition) is 1. The van der Waals surface area contributed by atoms with E-state index in [1.165, 1.54) is 4.90 Å². The fraction of sp³-hybridized carbons (Fsp3) is 0.200. The number of carbonyl (C=O) groups excluding carboxylic acids is 2. The van der Waals surface area contributed by atoms with Crippen molar-refractivity contribution in [2.75, 3.05) is 6.61 Å². The summed E-state index contributed by atoms with van der Waals surface area (Å²) in [6, 6.07) is 21.3. The van der Waals surface area contributed by atoms with Gasteiger partial charge in [0, 0.05) is 18.5 Å². The van der Waals surface area contributed by atoms with Gasteiger partial charge >= 0.3 is 0 Å². The molecular formula is C30H27NO5. The lowest BCUT2D eigenvalue weighted by atomic mass is 9.94. The number of fused-ring (bicyclic) bond motifs is 1. The van der Waals surface area contributed by atoms with Crippen molar-refractivity contribution in [2.45, 2.75) is 32.0 Å². The highest BCUT2D eigenvalue weighted by atomic mass is 16.5. The van der Waals surface area contributed by atoms with Crippen LogP contribution in [0, 0.1) is 0 Å². The quantitative estimate of drug-likeness (QED) is 0.217. The zero-order valence-electron chi connectivity index (χ0n) is 20.0. The van der Waals surface area contributed by atoms with Gasteiger partial charge in [-0.3, -0.25) is 9.59 Å². The Morgan fingerprint density at radius 3 is 2.69 bits per heavy atom. The Labute approximate surface area is 210 Å². The minimum atomic E-state index is -0.777. The van der Waals surface area contributed by atoms with Gasteiger partial charge in [-0.2, -0.15) is 0 Å². The Kier molecular flexibility index (Phi) is 6.34. The van der Waals surface area contributed by atoms with Crippen LogP contribution < -0.4 is 9.47 Å². The molecule has 2 aliphatic heterocycles. The number of benzene rings is 3. The van der Waals surface area contributed by atoms with Gasteiger partial charge in [-0.15, -0.1) is 0 Å². The molecule has 6 heteroatoms. The van der Waals surface area contributed by atoms with Gasteiger partial charge in [0.2, 0.25) is 0 Å². The lowest BCUT2D eigenvalue weighted by Gasteiger charge is -2.26. The Morgan fingerprint density at radius 1 is 1.11 bits per heavy atom. The molecule has 0 saturated carbocycles. The molecule has 5 rings (SSSR count). The minimum Gasteiger partial charge on any atom is -0.507 e. The van der Waals surface area contributed by atoms with E-state index < -0.39 is 17.7 Å². The number of Topliss-reactive ketones (excluding diaryl/α,β-unsaturated/α-hetero) is 1. The molecule has 0 unspecified atom stereocenters. The fourth-order valence-corrected chi connectivity index (χ4v) is 4.82. The van der Waals surface area contributed by atoms with Gasteiger partial charge in [0.05, 0.1) is 11.6 Å². The number of ether oxygens (including phenoxy) is 2. The molecule has 1 N–H and O–H groups in total. The van der Waals surface area contributed by atoms with Gasteiger partial charge in [0.25, 0.3) is 11.7 Å². The van der Waals surface area contributed by atoms with Crippen molar-refractivity contribution in [3.8, 4) is 11.5 Å². The summed E-state index contributed by atoms with van der Waals surface area (Å²) in [5, 5.41) is 11.4. The molecule has 1 saturated heterocycles. The number of rotatable bonds is 7. The third-order valence-electron chi connectivity index (χ3n) is 6.45. The average molecular weight is 482 g/mol. The molecule has 0 aromatic heterocycles. The van der Waals surface area contributed by atoms with Gasteiger partial charge in [-0.25, -0.2) is 0 Å². The van der Waals surface area contributed by atoms with Crippen LogP contribution >= 0.6 is 0 Å². The number of ketones is 1. The highest BCUT2D eigenvalue weighted by Gasteiger charge is 2.46. The van der Waals surface area contributed by atoms with Crippen LogP contribution in [0.3, 0.4) is 0 Å². The number of hydrogen-bond acceptors (Lipinski definition) is 5. The summed E-state index contributed by atoms with van der Waals surface area (Å²) < 4.78 is 11.5. The third-order valence-corrected chi connectivity index (χ3v) is 6.45. The van der Waals surface area contributed by atoms with Crippen LogP contribution in [0.4, 0.5) is 0 Å². The summed E-state index contributed by atoms with van der Waals surface area (Å²) in [7, 11) is 0. The van der Waals surface area contributed by atoms with Crippen LogP contribution in [-0.4, -0.2) is 34.4 Å². The van der Waals surface area contributed by atoms with Crippen LogP contribution in [0.1, 0.15) is 35.2 Å². The van der Waals surface area contributed by atoms with Crippen molar-refractivity contribution in [1.82, 2.24) is 4.90 Å². The van der Waals surface area contributed by atoms with E-state index >= 15 is 0 Å². The number of amides is 1. The summed E-state index contributed by atoms with van der Waals surface area (Å²) in [5.41, 5.74) is 3.05. The van der Waals surface area contributed by atoms with E-state index in [2.05, 4.69) is 6.58 Å². The van der Waals surface area contributed by atoms with E-state index in [0.717, 1.165) is 16.9 Å². The van der Waals surface area contributed by atoms with Crippen LogP contribution in [-0.2, 0) is 22.6 Å². The zero-order valence-corrected chi connectivity index (χ0v) is 20.0. The molecule has 0 bridgehead atoms. The molecule has 3 aromatic rings. The minimum absolute atomic E-state index is 0.0483. The van der Waals surface area contributed by atoms with E-state index in [9.17, 15) is 14.7 Å². The van der Waals surface area contributed by atoms with E-state index in [0.29, 0.717) is 29.9 Å². The molecule has 0 radical (unpaired) electrons.